The summed E-state index contributed by atoms with van der Waals surface area (Å²) in [5.41, 5.74) is 1.72. The molecule has 2 aromatic rings. The molecular weight excluding hydrogens is 408 g/mol. The van der Waals surface area contributed by atoms with Crippen LogP contribution >= 0.6 is 0 Å². The fourth-order valence-corrected chi connectivity index (χ4v) is 5.91. The topological polar surface area (TPSA) is 87.1 Å². The molecule has 2 saturated heterocycles. The molecule has 8 nitrogen and oxygen atoms in total. The molecule has 0 radical (unpaired) electrons. The number of rotatable bonds is 3. The lowest BCUT2D eigenvalue weighted by Crippen LogP contribution is -2.61. The van der Waals surface area contributed by atoms with Crippen LogP contribution in [0.2, 0.25) is 0 Å². The van der Waals surface area contributed by atoms with Crippen molar-refractivity contribution in [2.45, 2.75) is 25.0 Å². The van der Waals surface area contributed by atoms with Crippen molar-refractivity contribution in [1.29, 1.82) is 0 Å². The summed E-state index contributed by atoms with van der Waals surface area (Å²) in [5.74, 6) is 1.26. The number of amides is 2. The summed E-state index contributed by atoms with van der Waals surface area (Å²) >= 11 is 0. The standard InChI is InChI=1S/C24H28N4O4/c29-22-17-3-1-2-4-20(17)25-24(26-22)7-5-16-13-28(14-19(16)24)23(30)18-6-10-32-21(18)15-27-8-11-31-12-9-27/h1-4,6,10,16,19,25H,5,7-9,11-15H2,(H,26,29)/t16-,19+,24+/m1/s1. The quantitative estimate of drug-likeness (QED) is 0.767. The zero-order valence-corrected chi connectivity index (χ0v) is 18.0. The van der Waals surface area contributed by atoms with E-state index in [9.17, 15) is 9.59 Å². The Morgan fingerprint density at radius 3 is 2.84 bits per heavy atom. The predicted octanol–water partition coefficient (Wildman–Crippen LogP) is 2.15. The summed E-state index contributed by atoms with van der Waals surface area (Å²) in [6.45, 7) is 5.08. The van der Waals surface area contributed by atoms with Gasteiger partial charge >= 0.3 is 0 Å². The largest absolute Gasteiger partial charge is 0.467 e. The highest BCUT2D eigenvalue weighted by molar-refractivity contribution is 6.02. The lowest BCUT2D eigenvalue weighted by molar-refractivity contribution is 0.0311. The van der Waals surface area contributed by atoms with Gasteiger partial charge in [-0.25, -0.2) is 0 Å². The molecule has 0 unspecified atom stereocenters. The Labute approximate surface area is 186 Å². The first-order valence-electron chi connectivity index (χ1n) is 11.5. The minimum absolute atomic E-state index is 0.0223. The number of carbonyl (C=O) groups is 2. The zero-order chi connectivity index (χ0) is 21.7. The van der Waals surface area contributed by atoms with Crippen molar-refractivity contribution >= 4 is 17.5 Å². The number of furan rings is 1. The molecule has 0 bridgehead atoms. The number of nitrogens with one attached hydrogen (secondary N) is 2. The first-order valence-corrected chi connectivity index (χ1v) is 11.5. The minimum Gasteiger partial charge on any atom is -0.467 e. The first-order chi connectivity index (χ1) is 15.6. The van der Waals surface area contributed by atoms with Gasteiger partial charge in [-0.3, -0.25) is 14.5 Å². The summed E-state index contributed by atoms with van der Waals surface area (Å²) in [6.07, 6.45) is 3.47. The highest BCUT2D eigenvalue weighted by atomic mass is 16.5. The van der Waals surface area contributed by atoms with Crippen LogP contribution in [0.5, 0.6) is 0 Å². The van der Waals surface area contributed by atoms with E-state index in [1.165, 1.54) is 0 Å². The predicted molar refractivity (Wildman–Crippen MR) is 117 cm³/mol. The molecule has 3 fully saturated rings. The summed E-state index contributed by atoms with van der Waals surface area (Å²) < 4.78 is 11.1. The Balaban J connectivity index is 1.19. The fourth-order valence-electron chi connectivity index (χ4n) is 5.91. The molecule has 8 heteroatoms. The van der Waals surface area contributed by atoms with E-state index in [2.05, 4.69) is 15.5 Å². The zero-order valence-electron chi connectivity index (χ0n) is 18.0. The third-order valence-electron chi connectivity index (χ3n) is 7.58. The van der Waals surface area contributed by atoms with Gasteiger partial charge in [0.1, 0.15) is 11.4 Å². The SMILES string of the molecule is O=C1N[C@]2(CC[C@@H]3CN(C(=O)c4ccoc4CN4CCOCC4)C[C@@H]32)Nc2ccccc21. The molecule has 2 amide bonds. The van der Waals surface area contributed by atoms with Crippen molar-refractivity contribution in [3.63, 3.8) is 0 Å². The lowest BCUT2D eigenvalue weighted by atomic mass is 9.89. The van der Waals surface area contributed by atoms with Gasteiger partial charge in [0.2, 0.25) is 0 Å². The number of carbonyl (C=O) groups excluding carboxylic acids is 2. The maximum Gasteiger partial charge on any atom is 0.257 e. The molecule has 3 aliphatic heterocycles. The molecule has 6 rings (SSSR count). The average molecular weight is 437 g/mol. The Kier molecular flexibility index (Phi) is 4.73. The first kappa shape index (κ1) is 19.8. The Bertz CT molecular complexity index is 1050. The van der Waals surface area contributed by atoms with Crippen LogP contribution < -0.4 is 10.6 Å². The van der Waals surface area contributed by atoms with Crippen LogP contribution in [0.25, 0.3) is 0 Å². The van der Waals surface area contributed by atoms with Gasteiger partial charge in [-0.05, 0) is 37.0 Å². The van der Waals surface area contributed by atoms with Crippen LogP contribution in [0.3, 0.4) is 0 Å². The number of fused-ring (bicyclic) bond motifs is 3. The molecule has 1 aliphatic carbocycles. The fraction of sp³-hybridized carbons (Fsp3) is 0.500. The van der Waals surface area contributed by atoms with Crippen LogP contribution in [0.1, 0.15) is 39.3 Å². The minimum atomic E-state index is -0.488. The monoisotopic (exact) mass is 436 g/mol. The van der Waals surface area contributed by atoms with Gasteiger partial charge in [-0.2, -0.15) is 0 Å². The molecule has 168 valence electrons. The number of hydrogen-bond acceptors (Lipinski definition) is 6. The van der Waals surface area contributed by atoms with E-state index in [0.29, 0.717) is 49.9 Å². The molecule has 32 heavy (non-hydrogen) atoms. The van der Waals surface area contributed by atoms with Crippen LogP contribution in [0, 0.1) is 11.8 Å². The van der Waals surface area contributed by atoms with Crippen LogP contribution in [0.4, 0.5) is 5.69 Å². The van der Waals surface area contributed by atoms with Gasteiger partial charge in [0.15, 0.2) is 0 Å². The molecule has 1 aromatic carbocycles. The maximum atomic E-state index is 13.5. The van der Waals surface area contributed by atoms with Crippen molar-refractivity contribution in [3.05, 3.63) is 53.5 Å². The van der Waals surface area contributed by atoms with E-state index in [0.717, 1.165) is 37.4 Å². The van der Waals surface area contributed by atoms with Crippen molar-refractivity contribution in [2.24, 2.45) is 11.8 Å². The Morgan fingerprint density at radius 1 is 1.12 bits per heavy atom. The van der Waals surface area contributed by atoms with E-state index >= 15 is 0 Å². The van der Waals surface area contributed by atoms with E-state index < -0.39 is 5.66 Å². The summed E-state index contributed by atoms with van der Waals surface area (Å²) in [6, 6.07) is 9.43. The van der Waals surface area contributed by atoms with Crippen molar-refractivity contribution < 1.29 is 18.7 Å². The second-order valence-corrected chi connectivity index (χ2v) is 9.36. The third kappa shape index (κ3) is 3.20. The highest BCUT2D eigenvalue weighted by Gasteiger charge is 2.55. The number of nitrogens with zero attached hydrogens (tertiary/aromatic N) is 2. The Morgan fingerprint density at radius 2 is 1.97 bits per heavy atom. The van der Waals surface area contributed by atoms with Crippen molar-refractivity contribution in [2.75, 3.05) is 44.7 Å². The molecule has 4 heterocycles. The van der Waals surface area contributed by atoms with Gasteiger partial charge in [0.05, 0.1) is 37.1 Å². The second kappa shape index (κ2) is 7.64. The molecular formula is C24H28N4O4. The normalized spacial score (nSPS) is 29.5. The smallest absolute Gasteiger partial charge is 0.257 e. The average Bonchev–Trinajstić information content (AvgIpc) is 3.52. The summed E-state index contributed by atoms with van der Waals surface area (Å²) in [7, 11) is 0. The number of anilines is 1. The highest BCUT2D eigenvalue weighted by Crippen LogP contribution is 2.47. The molecule has 1 spiro atoms. The van der Waals surface area contributed by atoms with E-state index in [1.807, 2.05) is 29.2 Å². The van der Waals surface area contributed by atoms with Gasteiger partial charge in [0.25, 0.3) is 11.8 Å². The van der Waals surface area contributed by atoms with Crippen molar-refractivity contribution in [1.82, 2.24) is 15.1 Å². The third-order valence-corrected chi connectivity index (χ3v) is 7.58. The summed E-state index contributed by atoms with van der Waals surface area (Å²) in [4.78, 5) is 30.5. The number of benzene rings is 1. The van der Waals surface area contributed by atoms with E-state index in [-0.39, 0.29) is 17.7 Å². The number of ether oxygens (including phenoxy) is 1. The second-order valence-electron chi connectivity index (χ2n) is 9.36. The van der Waals surface area contributed by atoms with E-state index in [1.54, 1.807) is 12.3 Å². The molecule has 1 aromatic heterocycles. The molecule has 3 atom stereocenters. The van der Waals surface area contributed by atoms with Gasteiger partial charge in [-0.15, -0.1) is 0 Å². The number of likely N-dealkylation sites (tertiary alicyclic amines) is 1. The van der Waals surface area contributed by atoms with Gasteiger partial charge in [-0.1, -0.05) is 12.1 Å². The van der Waals surface area contributed by atoms with E-state index in [4.69, 9.17) is 9.15 Å². The summed E-state index contributed by atoms with van der Waals surface area (Å²) in [5, 5.41) is 6.88. The number of hydrogen-bond donors (Lipinski definition) is 2. The Hall–Kier alpha value is -2.84. The van der Waals surface area contributed by atoms with Crippen LogP contribution in [0.15, 0.2) is 41.0 Å². The maximum absolute atomic E-state index is 13.5. The molecule has 1 saturated carbocycles. The van der Waals surface area contributed by atoms with Crippen LogP contribution in [-0.4, -0.2) is 66.7 Å². The molecule has 4 aliphatic rings. The lowest BCUT2D eigenvalue weighted by Gasteiger charge is -2.42. The molecule has 2 N–H and O–H groups in total. The van der Waals surface area contributed by atoms with Gasteiger partial charge < -0.3 is 24.7 Å². The number of morpholine rings is 1. The van der Waals surface area contributed by atoms with Crippen molar-refractivity contribution in [3.8, 4) is 0 Å². The van der Waals surface area contributed by atoms with Gasteiger partial charge in [0, 0.05) is 37.8 Å². The van der Waals surface area contributed by atoms with Crippen LogP contribution in [-0.2, 0) is 11.3 Å². The number of para-hydroxylation sites is 1.